The van der Waals surface area contributed by atoms with E-state index in [9.17, 15) is 9.18 Å². The molecular weight excluding hydrogens is 425 g/mol. The number of benzene rings is 1. The number of hydrogen-bond donors (Lipinski definition) is 5. The highest BCUT2D eigenvalue weighted by atomic mass is 19.1. The fourth-order valence-electron chi connectivity index (χ4n) is 4.12. The Bertz CT molecular complexity index is 827. The Morgan fingerprint density at radius 2 is 1.97 bits per heavy atom. The van der Waals surface area contributed by atoms with Crippen LogP contribution in [0.15, 0.2) is 29.3 Å². The Kier molecular flexibility index (Phi) is 8.41. The second-order valence-electron chi connectivity index (χ2n) is 10.0. The van der Waals surface area contributed by atoms with Crippen LogP contribution in [0.2, 0.25) is 0 Å². The number of nitrogens with one attached hydrogen (secondary N) is 5. The number of hydrazine groups is 2. The molecule has 184 valence electrons. The number of carbonyl (C=O) groups is 1. The molecule has 2 aliphatic rings. The van der Waals surface area contributed by atoms with Crippen LogP contribution in [-0.2, 0) is 9.53 Å². The minimum Gasteiger partial charge on any atom is -0.383 e. The lowest BCUT2D eigenvalue weighted by Gasteiger charge is -2.26. The van der Waals surface area contributed by atoms with Gasteiger partial charge < -0.3 is 10.1 Å². The van der Waals surface area contributed by atoms with Crippen molar-refractivity contribution in [1.82, 2.24) is 31.9 Å². The number of carbonyl (C=O) groups excluding carboxylic acids is 1. The fourth-order valence-corrected chi connectivity index (χ4v) is 4.12. The standard InChI is InChI=1S/C23H38FN7O2/c1-14(13-33-6)25-22(27-21(32)18-12-19(23(2,3)4)30-31(18)5)26-20-11-17(28-29-20)15-7-9-16(24)10-8-15/h7-10,14,17-20,28-30H,11-13H2,1-6H3,(H2,25,26,27,32)/t14-,17?,18?,19?,20?/m0/s1. The van der Waals surface area contributed by atoms with Crippen molar-refractivity contribution < 1.29 is 13.9 Å². The van der Waals surface area contributed by atoms with E-state index in [1.54, 1.807) is 19.2 Å². The predicted octanol–water partition coefficient (Wildman–Crippen LogP) is 1.41. The van der Waals surface area contributed by atoms with E-state index in [1.165, 1.54) is 12.1 Å². The molecule has 0 aromatic heterocycles. The molecule has 9 nitrogen and oxygen atoms in total. The first-order valence-corrected chi connectivity index (χ1v) is 11.5. The number of nitrogens with zero attached hydrogens (tertiary/aromatic N) is 2. The Balaban J connectivity index is 1.68. The Labute approximate surface area is 195 Å². The maximum atomic E-state index is 13.2. The van der Waals surface area contributed by atoms with Crippen LogP contribution in [0.1, 0.15) is 52.1 Å². The predicted molar refractivity (Wildman–Crippen MR) is 126 cm³/mol. The summed E-state index contributed by atoms with van der Waals surface area (Å²) in [6, 6.07) is 6.27. The van der Waals surface area contributed by atoms with E-state index < -0.39 is 0 Å². The Hall–Kier alpha value is -2.11. The first-order valence-electron chi connectivity index (χ1n) is 11.5. The number of halogens is 1. The summed E-state index contributed by atoms with van der Waals surface area (Å²) in [7, 11) is 3.53. The quantitative estimate of drug-likeness (QED) is 0.321. The van der Waals surface area contributed by atoms with Gasteiger partial charge in [0.1, 0.15) is 18.0 Å². The second-order valence-corrected chi connectivity index (χ2v) is 10.0. The zero-order valence-electron chi connectivity index (χ0n) is 20.4. The van der Waals surface area contributed by atoms with E-state index >= 15 is 0 Å². The lowest BCUT2D eigenvalue weighted by molar-refractivity contribution is -0.124. The van der Waals surface area contributed by atoms with Crippen LogP contribution in [0.25, 0.3) is 0 Å². The molecule has 4 unspecified atom stereocenters. The molecular formula is C23H38FN7O2. The van der Waals surface area contributed by atoms with Crippen molar-refractivity contribution in [2.24, 2.45) is 10.4 Å². The number of ether oxygens (including phenoxy) is 1. The van der Waals surface area contributed by atoms with Crippen LogP contribution in [0.3, 0.4) is 0 Å². The van der Waals surface area contributed by atoms with Gasteiger partial charge in [-0.2, -0.15) is 0 Å². The van der Waals surface area contributed by atoms with Crippen molar-refractivity contribution in [2.75, 3.05) is 20.8 Å². The Morgan fingerprint density at radius 1 is 1.27 bits per heavy atom. The molecule has 0 bridgehead atoms. The van der Waals surface area contributed by atoms with Crippen LogP contribution in [0, 0.1) is 11.2 Å². The second kappa shape index (κ2) is 10.9. The summed E-state index contributed by atoms with van der Waals surface area (Å²) in [5.74, 6) is 0.0190. The van der Waals surface area contributed by atoms with E-state index in [4.69, 9.17) is 9.73 Å². The molecule has 1 aromatic rings. The molecule has 1 amide bonds. The largest absolute Gasteiger partial charge is 0.383 e. The average molecular weight is 464 g/mol. The molecule has 0 spiro atoms. The molecule has 5 atom stereocenters. The van der Waals surface area contributed by atoms with E-state index in [2.05, 4.69) is 47.7 Å². The average Bonchev–Trinajstić information content (AvgIpc) is 3.35. The van der Waals surface area contributed by atoms with Gasteiger partial charge in [0.05, 0.1) is 6.61 Å². The van der Waals surface area contributed by atoms with Gasteiger partial charge in [-0.1, -0.05) is 32.9 Å². The molecule has 2 aliphatic heterocycles. The summed E-state index contributed by atoms with van der Waals surface area (Å²) >= 11 is 0. The first kappa shape index (κ1) is 25.5. The zero-order chi connectivity index (χ0) is 24.2. The van der Waals surface area contributed by atoms with Gasteiger partial charge in [-0.3, -0.25) is 15.5 Å². The number of amides is 1. The van der Waals surface area contributed by atoms with Gasteiger partial charge >= 0.3 is 0 Å². The van der Waals surface area contributed by atoms with Gasteiger partial charge in [-0.15, -0.1) is 0 Å². The minimum atomic E-state index is -0.305. The summed E-state index contributed by atoms with van der Waals surface area (Å²) in [6.45, 7) is 8.92. The molecule has 2 fully saturated rings. The zero-order valence-corrected chi connectivity index (χ0v) is 20.4. The summed E-state index contributed by atoms with van der Waals surface area (Å²) in [6.07, 6.45) is 1.10. The lowest BCUT2D eigenvalue weighted by Crippen LogP contribution is -2.52. The molecule has 2 heterocycles. The third kappa shape index (κ3) is 6.94. The minimum absolute atomic E-state index is 0.00888. The van der Waals surface area contributed by atoms with E-state index in [-0.39, 0.29) is 47.5 Å². The number of hydrogen-bond acceptors (Lipinski definition) is 7. The van der Waals surface area contributed by atoms with Crippen molar-refractivity contribution in [3.8, 4) is 0 Å². The maximum Gasteiger partial charge on any atom is 0.245 e. The van der Waals surface area contributed by atoms with Crippen LogP contribution in [0.4, 0.5) is 4.39 Å². The lowest BCUT2D eigenvalue weighted by atomic mass is 9.84. The summed E-state index contributed by atoms with van der Waals surface area (Å²) in [5.41, 5.74) is 10.8. The first-order chi connectivity index (χ1) is 15.6. The van der Waals surface area contributed by atoms with Crippen LogP contribution in [-0.4, -0.2) is 61.9 Å². The van der Waals surface area contributed by atoms with Gasteiger partial charge in [0.15, 0.2) is 5.96 Å². The van der Waals surface area contributed by atoms with Gasteiger partial charge in [0.25, 0.3) is 0 Å². The number of rotatable bonds is 6. The normalized spacial score (nSPS) is 27.5. The summed E-state index contributed by atoms with van der Waals surface area (Å²) in [4.78, 5) is 17.9. The SMILES string of the molecule is COC[C@H](C)NC(=NC1CC(c2ccc(F)cc2)NN1)NC(=O)C1CC(C(C)(C)C)NN1C. The van der Waals surface area contributed by atoms with Crippen molar-refractivity contribution in [3.63, 3.8) is 0 Å². The van der Waals surface area contributed by atoms with Crippen molar-refractivity contribution in [1.29, 1.82) is 0 Å². The monoisotopic (exact) mass is 463 g/mol. The smallest absolute Gasteiger partial charge is 0.245 e. The molecule has 1 aromatic carbocycles. The van der Waals surface area contributed by atoms with Crippen molar-refractivity contribution in [3.05, 3.63) is 35.6 Å². The molecule has 0 saturated carbocycles. The van der Waals surface area contributed by atoms with Crippen LogP contribution >= 0.6 is 0 Å². The molecule has 0 radical (unpaired) electrons. The highest BCUT2D eigenvalue weighted by molar-refractivity contribution is 5.99. The van der Waals surface area contributed by atoms with Crippen molar-refractivity contribution in [2.45, 2.75) is 70.9 Å². The van der Waals surface area contributed by atoms with Gasteiger partial charge in [-0.05, 0) is 36.5 Å². The molecule has 5 N–H and O–H groups in total. The highest BCUT2D eigenvalue weighted by Crippen LogP contribution is 2.28. The molecule has 2 saturated heterocycles. The number of aliphatic imine (C=N–C) groups is 1. The molecule has 3 rings (SSSR count). The summed E-state index contributed by atoms with van der Waals surface area (Å²) < 4.78 is 18.5. The van der Waals surface area contributed by atoms with E-state index in [0.717, 1.165) is 5.56 Å². The molecule has 0 aliphatic carbocycles. The van der Waals surface area contributed by atoms with Gasteiger partial charge in [0, 0.05) is 38.7 Å². The van der Waals surface area contributed by atoms with Gasteiger partial charge in [-0.25, -0.2) is 25.2 Å². The molecule has 33 heavy (non-hydrogen) atoms. The van der Waals surface area contributed by atoms with Gasteiger partial charge in [0.2, 0.25) is 5.91 Å². The van der Waals surface area contributed by atoms with Crippen LogP contribution in [0.5, 0.6) is 0 Å². The maximum absolute atomic E-state index is 13.2. The number of guanidine groups is 1. The van der Waals surface area contributed by atoms with E-state index in [0.29, 0.717) is 25.4 Å². The van der Waals surface area contributed by atoms with Crippen molar-refractivity contribution >= 4 is 11.9 Å². The van der Waals surface area contributed by atoms with E-state index in [1.807, 2.05) is 19.0 Å². The number of methoxy groups -OCH3 is 1. The topological polar surface area (TPSA) is 102 Å². The third-order valence-corrected chi connectivity index (χ3v) is 6.12. The van der Waals surface area contributed by atoms with Crippen LogP contribution < -0.4 is 26.9 Å². The third-order valence-electron chi connectivity index (χ3n) is 6.12. The Morgan fingerprint density at radius 3 is 2.58 bits per heavy atom. The number of likely N-dealkylation sites (N-methyl/N-ethyl adjacent to an activating group) is 1. The fraction of sp³-hybridized carbons (Fsp3) is 0.652. The highest BCUT2D eigenvalue weighted by Gasteiger charge is 2.40. The summed E-state index contributed by atoms with van der Waals surface area (Å²) in [5, 5.41) is 8.12. The molecule has 10 heteroatoms.